The Morgan fingerprint density at radius 1 is 0.225 bits per heavy atom. The van der Waals surface area contributed by atoms with Crippen molar-refractivity contribution in [2.24, 2.45) is 0 Å². The van der Waals surface area contributed by atoms with Crippen molar-refractivity contribution in [2.45, 2.75) is 0 Å². The van der Waals surface area contributed by atoms with Gasteiger partial charge in [0.2, 0.25) is 0 Å². The summed E-state index contributed by atoms with van der Waals surface area (Å²) in [6, 6.07) is 102. The summed E-state index contributed by atoms with van der Waals surface area (Å²) in [4.78, 5) is 4.87. The van der Waals surface area contributed by atoms with Gasteiger partial charge in [0.15, 0.2) is 0 Å². The Balaban J connectivity index is 0.980. The lowest BCUT2D eigenvalue weighted by Gasteiger charge is -2.31. The van der Waals surface area contributed by atoms with E-state index in [0.717, 1.165) is 45.3 Å². The summed E-state index contributed by atoms with van der Waals surface area (Å²) in [5.74, 6) is 0. The molecule has 0 amide bonds. The number of rotatable bonds is 10. The highest BCUT2D eigenvalue weighted by Gasteiger charge is 2.23. The van der Waals surface area contributed by atoms with Crippen LogP contribution in [0.5, 0.6) is 0 Å². The number of thiophene rings is 1. The molecule has 334 valence electrons. The van der Waals surface area contributed by atoms with E-state index in [4.69, 9.17) is 0 Å². The van der Waals surface area contributed by atoms with Crippen LogP contribution in [0.2, 0.25) is 0 Å². The molecular weight excluding hydrogens is 877 g/mol. The van der Waals surface area contributed by atoms with Gasteiger partial charge in [-0.05, 0) is 128 Å². The lowest BCUT2D eigenvalue weighted by molar-refractivity contribution is 1.27. The Morgan fingerprint density at radius 3 is 1.46 bits per heavy atom. The molecule has 0 aliphatic rings. The monoisotopic (exact) mass is 922 g/mol. The van der Waals surface area contributed by atoms with E-state index in [1.165, 1.54) is 75.1 Å². The molecule has 0 unspecified atom stereocenters. The van der Waals surface area contributed by atoms with Crippen LogP contribution in [-0.4, -0.2) is 0 Å². The maximum atomic E-state index is 2.45. The van der Waals surface area contributed by atoms with Gasteiger partial charge in [-0.25, -0.2) is 0 Å². The predicted molar refractivity (Wildman–Crippen MR) is 305 cm³/mol. The first-order valence-electron chi connectivity index (χ1n) is 24.2. The molecule has 0 aliphatic carbocycles. The number of hydrogen-bond acceptors (Lipinski definition) is 3. The molecular formula is C68H46N2S. The fourth-order valence-corrected chi connectivity index (χ4v) is 11.5. The van der Waals surface area contributed by atoms with E-state index in [1.54, 1.807) is 0 Å². The van der Waals surface area contributed by atoms with Gasteiger partial charge >= 0.3 is 0 Å². The van der Waals surface area contributed by atoms with E-state index in [2.05, 4.69) is 289 Å². The lowest BCUT2D eigenvalue weighted by Crippen LogP contribution is -2.13. The van der Waals surface area contributed by atoms with Crippen molar-refractivity contribution in [1.82, 2.24) is 0 Å². The van der Waals surface area contributed by atoms with E-state index >= 15 is 0 Å². The Morgan fingerprint density at radius 2 is 0.704 bits per heavy atom. The van der Waals surface area contributed by atoms with Crippen LogP contribution in [0.4, 0.5) is 34.1 Å². The molecule has 13 aromatic rings. The van der Waals surface area contributed by atoms with Crippen molar-refractivity contribution in [2.75, 3.05) is 9.80 Å². The van der Waals surface area contributed by atoms with E-state index in [0.29, 0.717) is 0 Å². The molecule has 0 saturated heterocycles. The second-order valence-electron chi connectivity index (χ2n) is 18.1. The van der Waals surface area contributed by atoms with E-state index in [1.807, 2.05) is 11.3 Å². The summed E-state index contributed by atoms with van der Waals surface area (Å²) in [6.45, 7) is 0. The molecule has 0 fully saturated rings. The molecule has 0 atom stereocenters. The van der Waals surface area contributed by atoms with Crippen molar-refractivity contribution < 1.29 is 0 Å². The van der Waals surface area contributed by atoms with Crippen molar-refractivity contribution in [3.8, 4) is 44.5 Å². The van der Waals surface area contributed by atoms with Gasteiger partial charge in [-0.15, -0.1) is 11.3 Å². The maximum absolute atomic E-state index is 2.45. The fourth-order valence-electron chi connectivity index (χ4n) is 10.4. The Hall–Kier alpha value is -9.02. The highest BCUT2D eigenvalue weighted by atomic mass is 32.1. The summed E-state index contributed by atoms with van der Waals surface area (Å²) >= 11 is 1.85. The number of hydrogen-bond donors (Lipinski definition) is 0. The van der Waals surface area contributed by atoms with Crippen LogP contribution in [0.15, 0.2) is 279 Å². The molecule has 0 bridgehead atoms. The van der Waals surface area contributed by atoms with Gasteiger partial charge < -0.3 is 9.80 Å². The number of nitrogens with zero attached hydrogens (tertiary/aromatic N) is 2. The third-order valence-electron chi connectivity index (χ3n) is 13.8. The van der Waals surface area contributed by atoms with Crippen molar-refractivity contribution in [3.63, 3.8) is 0 Å². The summed E-state index contributed by atoms with van der Waals surface area (Å²) in [6.07, 6.45) is 0. The summed E-state index contributed by atoms with van der Waals surface area (Å²) < 4.78 is 2.55. The summed E-state index contributed by atoms with van der Waals surface area (Å²) in [5.41, 5.74) is 15.8. The molecule has 0 aliphatic heterocycles. The number of anilines is 6. The molecule has 71 heavy (non-hydrogen) atoms. The largest absolute Gasteiger partial charge is 0.310 e. The van der Waals surface area contributed by atoms with Crippen LogP contribution >= 0.6 is 11.3 Å². The second-order valence-corrected chi connectivity index (χ2v) is 19.2. The smallest absolute Gasteiger partial charge is 0.0540 e. The molecule has 0 saturated carbocycles. The topological polar surface area (TPSA) is 6.48 Å². The Labute approximate surface area is 418 Å². The minimum Gasteiger partial charge on any atom is -0.310 e. The molecule has 3 heteroatoms. The first-order valence-corrected chi connectivity index (χ1v) is 25.0. The van der Waals surface area contributed by atoms with Crippen molar-refractivity contribution in [3.05, 3.63) is 279 Å². The molecule has 0 spiro atoms. The molecule has 0 radical (unpaired) electrons. The average molecular weight is 923 g/mol. The zero-order valence-electron chi connectivity index (χ0n) is 38.9. The normalized spacial score (nSPS) is 11.4. The Bertz CT molecular complexity index is 4050. The van der Waals surface area contributed by atoms with Gasteiger partial charge in [0.05, 0.1) is 11.4 Å². The average Bonchev–Trinajstić information content (AvgIpc) is 3.82. The molecule has 1 aromatic heterocycles. The number of benzene rings is 12. The van der Waals surface area contributed by atoms with E-state index in [-0.39, 0.29) is 0 Å². The SMILES string of the molecule is c1ccc(-c2cccc(N(c3ccc4c(c3)sc3ccccc34)c3ccccc3-c3ccccc3N(c3ccc(-c4ccc5ccccc5c4)cc3)c3ccc(-c4cccc5ccccc45)cc3)c2)cc1. The van der Waals surface area contributed by atoms with Gasteiger partial charge in [-0.2, -0.15) is 0 Å². The first kappa shape index (κ1) is 42.1. The minimum absolute atomic E-state index is 1.07. The molecule has 2 nitrogen and oxygen atoms in total. The van der Waals surface area contributed by atoms with Crippen molar-refractivity contribution in [1.29, 1.82) is 0 Å². The molecule has 1 heterocycles. The highest BCUT2D eigenvalue weighted by molar-refractivity contribution is 7.25. The van der Waals surface area contributed by atoms with Crippen LogP contribution in [0.3, 0.4) is 0 Å². The van der Waals surface area contributed by atoms with Crippen LogP contribution in [-0.2, 0) is 0 Å². The van der Waals surface area contributed by atoms with Crippen molar-refractivity contribution >= 4 is 87.2 Å². The van der Waals surface area contributed by atoms with Crippen LogP contribution < -0.4 is 9.80 Å². The van der Waals surface area contributed by atoms with Crippen LogP contribution in [0, 0.1) is 0 Å². The lowest BCUT2D eigenvalue weighted by atomic mass is 9.96. The number of para-hydroxylation sites is 2. The quantitative estimate of drug-likeness (QED) is 0.135. The molecule has 12 aromatic carbocycles. The summed E-state index contributed by atoms with van der Waals surface area (Å²) in [5, 5.41) is 7.53. The number of fused-ring (bicyclic) bond motifs is 5. The van der Waals surface area contributed by atoms with Crippen LogP contribution in [0.25, 0.3) is 86.2 Å². The predicted octanol–water partition coefficient (Wildman–Crippen LogP) is 20.0. The zero-order chi connectivity index (χ0) is 47.1. The molecule has 0 N–H and O–H groups in total. The van der Waals surface area contributed by atoms with Gasteiger partial charge in [-0.1, -0.05) is 206 Å². The van der Waals surface area contributed by atoms with Crippen LogP contribution in [0.1, 0.15) is 0 Å². The van der Waals surface area contributed by atoms with Gasteiger partial charge in [0.1, 0.15) is 0 Å². The van der Waals surface area contributed by atoms with E-state index < -0.39 is 0 Å². The van der Waals surface area contributed by atoms with Gasteiger partial charge in [0, 0.05) is 54.0 Å². The zero-order valence-corrected chi connectivity index (χ0v) is 39.7. The van der Waals surface area contributed by atoms with Gasteiger partial charge in [0.25, 0.3) is 0 Å². The maximum Gasteiger partial charge on any atom is 0.0540 e. The highest BCUT2D eigenvalue weighted by Crippen LogP contribution is 2.48. The standard InChI is InChI=1S/C68H46N2S/c1-2-16-47(17-3-1)53-22-14-23-57(45-53)70(58-42-43-64-63-27-10-13-31-67(63)71-68(64)46-58)66-30-12-9-26-62(66)61-25-8-11-29-65(61)69(55-38-34-49(35-39-55)54-33-32-48-18-4-5-20-52(48)44-54)56-40-36-51(37-41-56)60-28-15-21-50-19-6-7-24-59(50)60/h1-46H. The van der Waals surface area contributed by atoms with E-state index in [9.17, 15) is 0 Å². The van der Waals surface area contributed by atoms with Gasteiger partial charge in [-0.3, -0.25) is 0 Å². The third-order valence-corrected chi connectivity index (χ3v) is 15.0. The second kappa shape index (κ2) is 18.1. The third kappa shape index (κ3) is 7.89. The fraction of sp³-hybridized carbons (Fsp3) is 0. The minimum atomic E-state index is 1.07. The first-order chi connectivity index (χ1) is 35.2. The molecule has 13 rings (SSSR count). The summed E-state index contributed by atoms with van der Waals surface area (Å²) in [7, 11) is 0. The Kier molecular flexibility index (Phi) is 10.8.